The lowest BCUT2D eigenvalue weighted by Crippen LogP contribution is -2.46. The summed E-state index contributed by atoms with van der Waals surface area (Å²) < 4.78 is 0.792. The maximum Gasteiger partial charge on any atom is 0.263 e. The predicted molar refractivity (Wildman–Crippen MR) is 74.9 cm³/mol. The molecule has 0 bridgehead atoms. The second-order valence-corrected chi connectivity index (χ2v) is 5.94. The molecule has 0 aliphatic heterocycles. The number of hydrogen-bond acceptors (Lipinski definition) is 3. The van der Waals surface area contributed by atoms with Crippen molar-refractivity contribution in [2.24, 2.45) is 11.7 Å². The van der Waals surface area contributed by atoms with E-state index in [2.05, 4.69) is 21.2 Å². The molecule has 1 aromatic heterocycles. The molecule has 0 saturated carbocycles. The molecule has 0 aliphatic carbocycles. The zero-order chi connectivity index (χ0) is 12.3. The van der Waals surface area contributed by atoms with Gasteiger partial charge in [-0.15, -0.1) is 11.3 Å². The summed E-state index contributed by atoms with van der Waals surface area (Å²) in [5, 5.41) is 4.69. The lowest BCUT2D eigenvalue weighted by atomic mass is 10.0. The van der Waals surface area contributed by atoms with Crippen molar-refractivity contribution >= 4 is 50.4 Å². The van der Waals surface area contributed by atoms with E-state index in [0.717, 1.165) is 4.47 Å². The van der Waals surface area contributed by atoms with Gasteiger partial charge < -0.3 is 11.1 Å². The summed E-state index contributed by atoms with van der Waals surface area (Å²) in [7, 11) is 0. The van der Waals surface area contributed by atoms with Crippen LogP contribution in [0.2, 0.25) is 0 Å². The summed E-state index contributed by atoms with van der Waals surface area (Å²) in [5.74, 6) is 0.0357. The lowest BCUT2D eigenvalue weighted by Gasteiger charge is -2.20. The summed E-state index contributed by atoms with van der Waals surface area (Å²) in [5.41, 5.74) is 5.59. The average Bonchev–Trinajstić information content (AvgIpc) is 2.59. The number of hydrogen-bond donors (Lipinski definition) is 2. The molecule has 1 aromatic rings. The van der Waals surface area contributed by atoms with E-state index >= 15 is 0 Å². The van der Waals surface area contributed by atoms with Crippen LogP contribution in [0.3, 0.4) is 0 Å². The first-order valence-electron chi connectivity index (χ1n) is 4.76. The van der Waals surface area contributed by atoms with E-state index in [4.69, 9.17) is 18.0 Å². The molecule has 0 aromatic carbocycles. The minimum Gasteiger partial charge on any atom is -0.392 e. The van der Waals surface area contributed by atoms with Crippen LogP contribution in [0.4, 0.5) is 0 Å². The highest BCUT2D eigenvalue weighted by Crippen LogP contribution is 2.22. The van der Waals surface area contributed by atoms with E-state index < -0.39 is 0 Å². The molecule has 1 rings (SSSR count). The number of thiocarbonyl (C=S) groups is 1. The fourth-order valence-corrected chi connectivity index (χ4v) is 3.01. The molecular weight excluding hydrogens is 308 g/mol. The van der Waals surface area contributed by atoms with Crippen molar-refractivity contribution in [1.82, 2.24) is 5.32 Å². The van der Waals surface area contributed by atoms with Gasteiger partial charge >= 0.3 is 0 Å². The SMILES string of the molecule is CC(C)C(NC(=O)c1sccc1Br)C(N)=S. The van der Waals surface area contributed by atoms with Crippen molar-refractivity contribution in [2.75, 3.05) is 0 Å². The van der Waals surface area contributed by atoms with Crippen molar-refractivity contribution in [1.29, 1.82) is 0 Å². The van der Waals surface area contributed by atoms with Crippen molar-refractivity contribution in [2.45, 2.75) is 19.9 Å². The Morgan fingerprint density at radius 2 is 2.25 bits per heavy atom. The molecule has 0 spiro atoms. The molecule has 3 N–H and O–H groups in total. The number of nitrogens with two attached hydrogens (primary N) is 1. The Kier molecular flexibility index (Phi) is 4.89. The topological polar surface area (TPSA) is 55.1 Å². The number of amides is 1. The smallest absolute Gasteiger partial charge is 0.263 e. The monoisotopic (exact) mass is 320 g/mol. The predicted octanol–water partition coefficient (Wildman–Crippen LogP) is 2.55. The molecule has 88 valence electrons. The highest BCUT2D eigenvalue weighted by atomic mass is 79.9. The lowest BCUT2D eigenvalue weighted by molar-refractivity contribution is 0.0943. The van der Waals surface area contributed by atoms with Crippen LogP contribution in [0.1, 0.15) is 23.5 Å². The minimum absolute atomic E-state index is 0.145. The molecule has 1 amide bonds. The van der Waals surface area contributed by atoms with Crippen LogP contribution in [-0.2, 0) is 0 Å². The summed E-state index contributed by atoms with van der Waals surface area (Å²) >= 11 is 9.63. The van der Waals surface area contributed by atoms with Gasteiger partial charge in [0.05, 0.1) is 11.0 Å². The van der Waals surface area contributed by atoms with Crippen LogP contribution in [0, 0.1) is 5.92 Å². The van der Waals surface area contributed by atoms with Crippen molar-refractivity contribution in [3.8, 4) is 0 Å². The number of carbonyl (C=O) groups is 1. The van der Waals surface area contributed by atoms with Crippen LogP contribution in [0.25, 0.3) is 0 Å². The Morgan fingerprint density at radius 1 is 1.62 bits per heavy atom. The fraction of sp³-hybridized carbons (Fsp3) is 0.400. The molecule has 6 heteroatoms. The third kappa shape index (κ3) is 3.26. The molecule has 1 unspecified atom stereocenters. The van der Waals surface area contributed by atoms with Gasteiger partial charge in [-0.3, -0.25) is 4.79 Å². The Labute approximate surface area is 113 Å². The van der Waals surface area contributed by atoms with Crippen molar-refractivity contribution in [3.63, 3.8) is 0 Å². The third-order valence-electron chi connectivity index (χ3n) is 2.08. The Bertz CT molecular complexity index is 403. The quantitative estimate of drug-likeness (QED) is 0.838. The fourth-order valence-electron chi connectivity index (χ4n) is 1.23. The summed E-state index contributed by atoms with van der Waals surface area (Å²) in [4.78, 5) is 12.9. The molecule has 0 aliphatic rings. The van der Waals surface area contributed by atoms with Gasteiger partial charge in [-0.1, -0.05) is 26.1 Å². The summed E-state index contributed by atoms with van der Waals surface area (Å²) in [6.45, 7) is 3.93. The highest BCUT2D eigenvalue weighted by Gasteiger charge is 2.21. The standard InChI is InChI=1S/C10H13BrN2OS2/c1-5(2)7(9(12)15)13-10(14)8-6(11)3-4-16-8/h3-5,7H,1-2H3,(H2,12,15)(H,13,14). The van der Waals surface area contributed by atoms with Crippen molar-refractivity contribution in [3.05, 3.63) is 20.8 Å². The van der Waals surface area contributed by atoms with E-state index in [1.807, 2.05) is 25.3 Å². The first kappa shape index (κ1) is 13.6. The van der Waals surface area contributed by atoms with Gasteiger partial charge in [0, 0.05) is 4.47 Å². The van der Waals surface area contributed by atoms with Crippen LogP contribution in [-0.4, -0.2) is 16.9 Å². The van der Waals surface area contributed by atoms with Crippen LogP contribution in [0.15, 0.2) is 15.9 Å². The Balaban J connectivity index is 2.77. The highest BCUT2D eigenvalue weighted by molar-refractivity contribution is 9.10. The van der Waals surface area contributed by atoms with E-state index in [9.17, 15) is 4.79 Å². The van der Waals surface area contributed by atoms with Gasteiger partial charge in [-0.05, 0) is 33.3 Å². The molecule has 3 nitrogen and oxygen atoms in total. The van der Waals surface area contributed by atoms with Gasteiger partial charge in [0.2, 0.25) is 0 Å². The molecule has 0 fully saturated rings. The first-order valence-corrected chi connectivity index (χ1v) is 6.84. The third-order valence-corrected chi connectivity index (χ3v) is 4.17. The Morgan fingerprint density at radius 3 is 2.62 bits per heavy atom. The van der Waals surface area contributed by atoms with Gasteiger partial charge in [-0.25, -0.2) is 0 Å². The number of rotatable bonds is 4. The zero-order valence-electron chi connectivity index (χ0n) is 8.99. The van der Waals surface area contributed by atoms with Gasteiger partial charge in [0.1, 0.15) is 4.88 Å². The van der Waals surface area contributed by atoms with E-state index in [0.29, 0.717) is 9.87 Å². The maximum atomic E-state index is 11.9. The van der Waals surface area contributed by atoms with Crippen LogP contribution < -0.4 is 11.1 Å². The normalized spacial score (nSPS) is 12.5. The van der Waals surface area contributed by atoms with Gasteiger partial charge in [0.25, 0.3) is 5.91 Å². The molecule has 0 saturated heterocycles. The number of halogens is 1. The van der Waals surface area contributed by atoms with Gasteiger partial charge in [0.15, 0.2) is 0 Å². The summed E-state index contributed by atoms with van der Waals surface area (Å²) in [6.07, 6.45) is 0. The first-order chi connectivity index (χ1) is 7.43. The van der Waals surface area contributed by atoms with Crippen molar-refractivity contribution < 1.29 is 4.79 Å². The zero-order valence-corrected chi connectivity index (χ0v) is 12.2. The van der Waals surface area contributed by atoms with E-state index in [-0.39, 0.29) is 17.9 Å². The molecule has 0 radical (unpaired) electrons. The number of thiophene rings is 1. The van der Waals surface area contributed by atoms with E-state index in [1.54, 1.807) is 0 Å². The number of nitrogens with one attached hydrogen (secondary N) is 1. The molecular formula is C10H13BrN2OS2. The second-order valence-electron chi connectivity index (χ2n) is 3.70. The number of carbonyl (C=O) groups excluding carboxylic acids is 1. The van der Waals surface area contributed by atoms with Crippen LogP contribution in [0.5, 0.6) is 0 Å². The average molecular weight is 321 g/mol. The molecule has 1 atom stereocenters. The second kappa shape index (κ2) is 5.75. The molecule has 1 heterocycles. The largest absolute Gasteiger partial charge is 0.392 e. The summed E-state index contributed by atoms with van der Waals surface area (Å²) in [6, 6.07) is 1.57. The van der Waals surface area contributed by atoms with Crippen LogP contribution >= 0.6 is 39.5 Å². The maximum absolute atomic E-state index is 11.9. The van der Waals surface area contributed by atoms with Gasteiger partial charge in [-0.2, -0.15) is 0 Å². The van der Waals surface area contributed by atoms with E-state index in [1.165, 1.54) is 11.3 Å². The molecule has 16 heavy (non-hydrogen) atoms. The minimum atomic E-state index is -0.267. The Hall–Kier alpha value is -0.460.